The third-order valence-electron chi connectivity index (χ3n) is 5.99. The largest absolute Gasteiger partial charge is 0.391 e. The van der Waals surface area contributed by atoms with Gasteiger partial charge in [-0.1, -0.05) is 30.3 Å². The molecule has 0 aliphatic carbocycles. The summed E-state index contributed by atoms with van der Waals surface area (Å²) in [7, 11) is 0. The number of β-amino-alcohol motifs (C(OH)–C–C–N with tert-alkyl or cyclic N) is 1. The lowest BCUT2D eigenvalue weighted by Gasteiger charge is -2.17. The van der Waals surface area contributed by atoms with Crippen LogP contribution >= 0.6 is 11.3 Å². The fraction of sp³-hybridized carbons (Fsp3) is 0.192. The molecule has 1 aliphatic heterocycles. The molecule has 5 rings (SSSR count). The number of carbonyl (C=O) groups excluding carboxylic acids is 2. The van der Waals surface area contributed by atoms with Gasteiger partial charge in [-0.25, -0.2) is 0 Å². The fourth-order valence-electron chi connectivity index (χ4n) is 4.12. The Bertz CT molecular complexity index is 1400. The van der Waals surface area contributed by atoms with Crippen LogP contribution in [0.1, 0.15) is 43.3 Å². The molecule has 0 unspecified atom stereocenters. The Labute approximate surface area is 200 Å². The molecular formula is C26H24N4O3S. The fourth-order valence-corrected chi connectivity index (χ4v) is 4.94. The number of para-hydroxylation sites is 1. The quantitative estimate of drug-likeness (QED) is 0.397. The van der Waals surface area contributed by atoms with Crippen molar-refractivity contribution in [2.45, 2.75) is 19.4 Å². The van der Waals surface area contributed by atoms with E-state index in [0.717, 1.165) is 27.7 Å². The van der Waals surface area contributed by atoms with Gasteiger partial charge in [0.05, 0.1) is 22.2 Å². The monoisotopic (exact) mass is 472 g/mol. The topological polar surface area (TPSA) is 98.3 Å². The highest BCUT2D eigenvalue weighted by Gasteiger charge is 2.26. The molecule has 0 spiro atoms. The van der Waals surface area contributed by atoms with Crippen LogP contribution in [0.4, 0.5) is 5.69 Å². The Morgan fingerprint density at radius 2 is 2.06 bits per heavy atom. The van der Waals surface area contributed by atoms with Crippen LogP contribution in [0.3, 0.4) is 0 Å². The van der Waals surface area contributed by atoms with E-state index in [1.54, 1.807) is 17.0 Å². The van der Waals surface area contributed by atoms with Crippen molar-refractivity contribution in [3.05, 3.63) is 81.2 Å². The van der Waals surface area contributed by atoms with Crippen LogP contribution in [0.5, 0.6) is 0 Å². The number of nitrogens with one attached hydrogen (secondary N) is 2. The summed E-state index contributed by atoms with van der Waals surface area (Å²) >= 11 is 1.38. The molecule has 3 heterocycles. The summed E-state index contributed by atoms with van der Waals surface area (Å²) in [6.45, 7) is 2.74. The first-order valence-corrected chi connectivity index (χ1v) is 12.0. The number of H-pyrrole nitrogens is 1. The number of rotatable bonds is 5. The van der Waals surface area contributed by atoms with Gasteiger partial charge in [0.25, 0.3) is 11.8 Å². The first-order chi connectivity index (χ1) is 16.5. The highest BCUT2D eigenvalue weighted by molar-refractivity contribution is 7.12. The van der Waals surface area contributed by atoms with E-state index >= 15 is 0 Å². The van der Waals surface area contributed by atoms with Gasteiger partial charge in [0.2, 0.25) is 0 Å². The second kappa shape index (κ2) is 9.24. The summed E-state index contributed by atoms with van der Waals surface area (Å²) in [6, 6.07) is 15.0. The highest BCUT2D eigenvalue weighted by Crippen LogP contribution is 2.26. The minimum Gasteiger partial charge on any atom is -0.391 e. The van der Waals surface area contributed by atoms with Gasteiger partial charge in [-0.05, 0) is 60.2 Å². The van der Waals surface area contributed by atoms with Gasteiger partial charge >= 0.3 is 0 Å². The molecule has 8 heteroatoms. The molecule has 2 aromatic heterocycles. The molecule has 2 amide bonds. The number of aromatic nitrogens is 2. The molecule has 0 radical (unpaired) electrons. The molecule has 3 N–H and O–H groups in total. The molecule has 1 atom stereocenters. The average molecular weight is 473 g/mol. The number of amides is 2. The van der Waals surface area contributed by atoms with Crippen LogP contribution in [0.2, 0.25) is 0 Å². The van der Waals surface area contributed by atoms with Gasteiger partial charge in [-0.15, -0.1) is 11.3 Å². The normalized spacial score (nSPS) is 15.9. The van der Waals surface area contributed by atoms with E-state index in [4.69, 9.17) is 0 Å². The zero-order chi connectivity index (χ0) is 23.7. The number of aryl methyl sites for hydroxylation is 1. The molecule has 1 fully saturated rings. The maximum atomic E-state index is 13.0. The standard InChI is InChI=1S/C26H24N4O3S/c1-16-11-13-34-24(16)25(32)27-23-14-18(26(33)30-12-10-19(31)15-30)7-6-17(23)8-9-22-20-4-2-3-5-21(20)28-29-22/h2-9,11,13-14,19,31H,10,12,15H2,1H3,(H,27,32)(H,28,29)/b9-8+/t19-/m1/s1. The molecule has 1 saturated heterocycles. The zero-order valence-corrected chi connectivity index (χ0v) is 19.4. The van der Waals surface area contributed by atoms with Crippen LogP contribution in [0.25, 0.3) is 23.1 Å². The highest BCUT2D eigenvalue weighted by atomic mass is 32.1. The van der Waals surface area contributed by atoms with Gasteiger partial charge in [0.1, 0.15) is 0 Å². The maximum absolute atomic E-state index is 13.0. The number of carbonyl (C=O) groups is 2. The van der Waals surface area contributed by atoms with E-state index in [1.165, 1.54) is 11.3 Å². The lowest BCUT2D eigenvalue weighted by molar-refractivity contribution is 0.0764. The second-order valence-corrected chi connectivity index (χ2v) is 9.29. The molecular weight excluding hydrogens is 448 g/mol. The Balaban J connectivity index is 1.48. The number of likely N-dealkylation sites (tertiary alicyclic amines) is 1. The summed E-state index contributed by atoms with van der Waals surface area (Å²) in [4.78, 5) is 28.2. The van der Waals surface area contributed by atoms with Crippen molar-refractivity contribution < 1.29 is 14.7 Å². The third-order valence-corrected chi connectivity index (χ3v) is 7.00. The predicted octanol–water partition coefficient (Wildman–Crippen LogP) is 4.56. The third kappa shape index (κ3) is 4.37. The van der Waals surface area contributed by atoms with E-state index < -0.39 is 6.10 Å². The van der Waals surface area contributed by atoms with Crippen molar-refractivity contribution in [2.24, 2.45) is 0 Å². The maximum Gasteiger partial charge on any atom is 0.266 e. The van der Waals surface area contributed by atoms with Crippen molar-refractivity contribution >= 4 is 51.9 Å². The summed E-state index contributed by atoms with van der Waals surface area (Å²) in [5.74, 6) is -0.373. The minimum atomic E-state index is -0.490. The molecule has 0 saturated carbocycles. The molecule has 2 aromatic carbocycles. The number of hydrogen-bond acceptors (Lipinski definition) is 5. The Kier molecular flexibility index (Phi) is 6.00. The van der Waals surface area contributed by atoms with E-state index in [-0.39, 0.29) is 11.8 Å². The Morgan fingerprint density at radius 1 is 1.21 bits per heavy atom. The number of aromatic amines is 1. The number of aliphatic hydroxyl groups excluding tert-OH is 1. The van der Waals surface area contributed by atoms with Gasteiger partial charge in [0.15, 0.2) is 0 Å². The zero-order valence-electron chi connectivity index (χ0n) is 18.6. The van der Waals surface area contributed by atoms with Crippen molar-refractivity contribution in [1.29, 1.82) is 0 Å². The van der Waals surface area contributed by atoms with Crippen LogP contribution in [0.15, 0.2) is 53.9 Å². The first kappa shape index (κ1) is 22.1. The molecule has 172 valence electrons. The Morgan fingerprint density at radius 3 is 2.82 bits per heavy atom. The molecule has 0 bridgehead atoms. The smallest absolute Gasteiger partial charge is 0.266 e. The number of nitrogens with zero attached hydrogens (tertiary/aromatic N) is 2. The number of anilines is 1. The Hall–Kier alpha value is -3.75. The van der Waals surface area contributed by atoms with Gasteiger partial charge in [0, 0.05) is 29.7 Å². The average Bonchev–Trinajstić information content (AvgIpc) is 3.57. The minimum absolute atomic E-state index is 0.159. The summed E-state index contributed by atoms with van der Waals surface area (Å²) in [5, 5.41) is 23.1. The van der Waals surface area contributed by atoms with E-state index in [9.17, 15) is 14.7 Å². The van der Waals surface area contributed by atoms with E-state index in [2.05, 4.69) is 15.5 Å². The van der Waals surface area contributed by atoms with Gasteiger partial charge in [-0.2, -0.15) is 5.10 Å². The number of thiophene rings is 1. The van der Waals surface area contributed by atoms with Crippen LogP contribution < -0.4 is 5.32 Å². The van der Waals surface area contributed by atoms with Gasteiger partial charge in [-0.3, -0.25) is 14.7 Å². The summed E-state index contributed by atoms with van der Waals surface area (Å²) < 4.78 is 0. The SMILES string of the molecule is Cc1ccsc1C(=O)Nc1cc(C(=O)N2CC[C@@H](O)C2)ccc1/C=C/c1n[nH]c2ccccc12. The van der Waals surface area contributed by atoms with Crippen molar-refractivity contribution in [2.75, 3.05) is 18.4 Å². The predicted molar refractivity (Wildman–Crippen MR) is 135 cm³/mol. The number of hydrogen-bond donors (Lipinski definition) is 3. The van der Waals surface area contributed by atoms with Gasteiger partial charge < -0.3 is 15.3 Å². The van der Waals surface area contributed by atoms with Crippen LogP contribution in [-0.4, -0.2) is 51.2 Å². The number of benzene rings is 2. The van der Waals surface area contributed by atoms with E-state index in [0.29, 0.717) is 35.6 Å². The van der Waals surface area contributed by atoms with E-state index in [1.807, 2.05) is 60.9 Å². The first-order valence-electron chi connectivity index (χ1n) is 11.1. The molecule has 7 nitrogen and oxygen atoms in total. The number of aliphatic hydroxyl groups is 1. The second-order valence-electron chi connectivity index (χ2n) is 8.37. The summed E-state index contributed by atoms with van der Waals surface area (Å²) in [6.07, 6.45) is 3.85. The van der Waals surface area contributed by atoms with Crippen molar-refractivity contribution in [1.82, 2.24) is 15.1 Å². The van der Waals surface area contributed by atoms with Crippen LogP contribution in [-0.2, 0) is 0 Å². The van der Waals surface area contributed by atoms with Crippen LogP contribution in [0, 0.1) is 6.92 Å². The molecule has 1 aliphatic rings. The summed E-state index contributed by atoms with van der Waals surface area (Å²) in [5.41, 5.74) is 4.40. The lowest BCUT2D eigenvalue weighted by Crippen LogP contribution is -2.29. The molecule has 4 aromatic rings. The van der Waals surface area contributed by atoms with Crippen molar-refractivity contribution in [3.8, 4) is 0 Å². The molecule has 34 heavy (non-hydrogen) atoms. The lowest BCUT2D eigenvalue weighted by atomic mass is 10.1. The van der Waals surface area contributed by atoms with Crippen molar-refractivity contribution in [3.63, 3.8) is 0 Å². The number of fused-ring (bicyclic) bond motifs is 1.